The molecule has 24 heavy (non-hydrogen) atoms. The summed E-state index contributed by atoms with van der Waals surface area (Å²) in [6.07, 6.45) is 3.87. The highest BCUT2D eigenvalue weighted by Crippen LogP contribution is 2.27. The third kappa shape index (κ3) is 3.62. The number of rotatable bonds is 3. The van der Waals surface area contributed by atoms with Gasteiger partial charge in [0.05, 0.1) is 0 Å². The standard InChI is InChI=1S/C19H21N3S2/c1-19(2,3)16-13-24-18(21-17-10-5-6-11-20-17)22(16)14-8-7-9-15(12-14)23-4/h5-13H,1-4H3/b21-18+. The molecular formula is C19H21N3S2. The molecule has 3 nitrogen and oxygen atoms in total. The second-order valence-electron chi connectivity index (χ2n) is 6.49. The predicted molar refractivity (Wildman–Crippen MR) is 104 cm³/mol. The molecule has 0 aliphatic rings. The highest BCUT2D eigenvalue weighted by Gasteiger charge is 2.21. The lowest BCUT2D eigenvalue weighted by Crippen LogP contribution is -2.23. The van der Waals surface area contributed by atoms with Crippen molar-refractivity contribution in [3.63, 3.8) is 0 Å². The van der Waals surface area contributed by atoms with Crippen LogP contribution in [0.4, 0.5) is 5.82 Å². The van der Waals surface area contributed by atoms with Crippen molar-refractivity contribution >= 4 is 28.9 Å². The highest BCUT2D eigenvalue weighted by atomic mass is 32.2. The first-order valence-corrected chi connectivity index (χ1v) is 9.91. The van der Waals surface area contributed by atoms with E-state index in [-0.39, 0.29) is 5.41 Å². The Kier molecular flexibility index (Phi) is 4.92. The Morgan fingerprint density at radius 2 is 1.96 bits per heavy atom. The first-order valence-electron chi connectivity index (χ1n) is 7.80. The minimum Gasteiger partial charge on any atom is -0.289 e. The van der Waals surface area contributed by atoms with Crippen LogP contribution in [0, 0.1) is 0 Å². The first kappa shape index (κ1) is 17.0. The Balaban J connectivity index is 2.25. The number of aromatic nitrogens is 2. The van der Waals surface area contributed by atoms with Gasteiger partial charge in [0.25, 0.3) is 0 Å². The third-order valence-electron chi connectivity index (χ3n) is 3.65. The average molecular weight is 356 g/mol. The summed E-state index contributed by atoms with van der Waals surface area (Å²) in [5, 5.41) is 2.20. The normalized spacial score (nSPS) is 12.6. The van der Waals surface area contributed by atoms with Crippen LogP contribution in [0.5, 0.6) is 0 Å². The Morgan fingerprint density at radius 3 is 2.62 bits per heavy atom. The van der Waals surface area contributed by atoms with Gasteiger partial charge in [-0.2, -0.15) is 0 Å². The van der Waals surface area contributed by atoms with Gasteiger partial charge in [-0.25, -0.2) is 9.98 Å². The van der Waals surface area contributed by atoms with Crippen LogP contribution in [0.1, 0.15) is 26.5 Å². The third-order valence-corrected chi connectivity index (χ3v) is 5.20. The van der Waals surface area contributed by atoms with Gasteiger partial charge in [-0.3, -0.25) is 4.57 Å². The maximum atomic E-state index is 4.77. The molecule has 0 atom stereocenters. The summed E-state index contributed by atoms with van der Waals surface area (Å²) in [6.45, 7) is 6.69. The van der Waals surface area contributed by atoms with E-state index in [1.807, 2.05) is 18.2 Å². The van der Waals surface area contributed by atoms with Crippen molar-refractivity contribution in [3.8, 4) is 5.69 Å². The van der Waals surface area contributed by atoms with Gasteiger partial charge >= 0.3 is 0 Å². The molecule has 3 aromatic rings. The molecule has 0 bridgehead atoms. The van der Waals surface area contributed by atoms with Crippen LogP contribution < -0.4 is 4.80 Å². The largest absolute Gasteiger partial charge is 0.289 e. The molecule has 0 aliphatic carbocycles. The van der Waals surface area contributed by atoms with E-state index in [4.69, 9.17) is 4.99 Å². The molecule has 2 heterocycles. The maximum absolute atomic E-state index is 4.77. The van der Waals surface area contributed by atoms with Gasteiger partial charge in [0.15, 0.2) is 10.6 Å². The average Bonchev–Trinajstić information content (AvgIpc) is 3.00. The lowest BCUT2D eigenvalue weighted by molar-refractivity contribution is 0.553. The molecule has 5 heteroatoms. The van der Waals surface area contributed by atoms with E-state index in [1.165, 1.54) is 10.6 Å². The fourth-order valence-corrected chi connectivity index (χ4v) is 4.01. The molecule has 3 rings (SSSR count). The number of thioether (sulfide) groups is 1. The van der Waals surface area contributed by atoms with Gasteiger partial charge < -0.3 is 0 Å². The molecular weight excluding hydrogens is 334 g/mol. The van der Waals surface area contributed by atoms with Crippen LogP contribution in [0.3, 0.4) is 0 Å². The molecule has 0 aliphatic heterocycles. The molecule has 0 spiro atoms. The van der Waals surface area contributed by atoms with Crippen molar-refractivity contribution in [2.45, 2.75) is 31.1 Å². The van der Waals surface area contributed by atoms with E-state index in [1.54, 1.807) is 29.3 Å². The van der Waals surface area contributed by atoms with E-state index in [2.05, 4.69) is 66.2 Å². The zero-order chi connectivity index (χ0) is 17.2. The van der Waals surface area contributed by atoms with Gasteiger partial charge in [0.2, 0.25) is 0 Å². The SMILES string of the molecule is CSc1cccc(-n2c(C(C)(C)C)cs/c2=N/c2ccccn2)c1. The molecule has 0 fully saturated rings. The maximum Gasteiger partial charge on any atom is 0.196 e. The van der Waals surface area contributed by atoms with E-state index in [0.29, 0.717) is 0 Å². The van der Waals surface area contributed by atoms with Crippen LogP contribution in [-0.2, 0) is 5.41 Å². The van der Waals surface area contributed by atoms with Crippen LogP contribution in [0.2, 0.25) is 0 Å². The predicted octanol–water partition coefficient (Wildman–Crippen LogP) is 5.19. The topological polar surface area (TPSA) is 30.2 Å². The smallest absolute Gasteiger partial charge is 0.196 e. The van der Waals surface area contributed by atoms with Gasteiger partial charge in [-0.1, -0.05) is 32.9 Å². The summed E-state index contributed by atoms with van der Waals surface area (Å²) in [6, 6.07) is 14.4. The van der Waals surface area contributed by atoms with E-state index < -0.39 is 0 Å². The minimum atomic E-state index is 0.0315. The van der Waals surface area contributed by atoms with Crippen LogP contribution in [0.25, 0.3) is 5.69 Å². The molecule has 0 saturated carbocycles. The Bertz CT molecular complexity index is 887. The van der Waals surface area contributed by atoms with Crippen LogP contribution >= 0.6 is 23.1 Å². The number of pyridine rings is 1. The lowest BCUT2D eigenvalue weighted by Gasteiger charge is -2.21. The Morgan fingerprint density at radius 1 is 1.12 bits per heavy atom. The Labute approximate surface area is 151 Å². The quantitative estimate of drug-likeness (QED) is 0.606. The van der Waals surface area contributed by atoms with Crippen molar-refractivity contribution in [3.05, 3.63) is 64.5 Å². The first-order chi connectivity index (χ1) is 11.5. The molecule has 2 aromatic heterocycles. The fraction of sp³-hybridized carbons (Fsp3) is 0.263. The summed E-state index contributed by atoms with van der Waals surface area (Å²) < 4.78 is 2.25. The number of thiazole rings is 1. The van der Waals surface area contributed by atoms with Crippen LogP contribution in [-0.4, -0.2) is 15.8 Å². The van der Waals surface area contributed by atoms with Crippen molar-refractivity contribution in [1.82, 2.24) is 9.55 Å². The second kappa shape index (κ2) is 6.95. The number of hydrogen-bond donors (Lipinski definition) is 0. The summed E-state index contributed by atoms with van der Waals surface area (Å²) in [5.74, 6) is 0.731. The fourth-order valence-electron chi connectivity index (χ4n) is 2.42. The number of hydrogen-bond acceptors (Lipinski definition) is 4. The van der Waals surface area contributed by atoms with Crippen molar-refractivity contribution in [2.75, 3.05) is 6.26 Å². The monoisotopic (exact) mass is 355 g/mol. The molecule has 0 N–H and O–H groups in total. The summed E-state index contributed by atoms with van der Waals surface area (Å²) in [7, 11) is 0. The van der Waals surface area contributed by atoms with E-state index >= 15 is 0 Å². The molecule has 124 valence electrons. The summed E-state index contributed by atoms with van der Waals surface area (Å²) in [4.78, 5) is 11.3. The van der Waals surface area contributed by atoms with Gasteiger partial charge in [0, 0.05) is 33.3 Å². The zero-order valence-corrected chi connectivity index (χ0v) is 16.0. The van der Waals surface area contributed by atoms with Crippen molar-refractivity contribution in [2.24, 2.45) is 4.99 Å². The number of benzene rings is 1. The number of nitrogens with zero attached hydrogens (tertiary/aromatic N) is 3. The summed E-state index contributed by atoms with van der Waals surface area (Å²) >= 11 is 3.41. The van der Waals surface area contributed by atoms with Gasteiger partial charge in [0.1, 0.15) is 0 Å². The van der Waals surface area contributed by atoms with E-state index in [9.17, 15) is 0 Å². The lowest BCUT2D eigenvalue weighted by atomic mass is 9.93. The zero-order valence-electron chi connectivity index (χ0n) is 14.4. The summed E-state index contributed by atoms with van der Waals surface area (Å²) in [5.41, 5.74) is 2.42. The second-order valence-corrected chi connectivity index (χ2v) is 8.21. The molecule has 0 saturated heterocycles. The molecule has 1 aromatic carbocycles. The molecule has 0 unspecified atom stereocenters. The molecule has 0 radical (unpaired) electrons. The van der Waals surface area contributed by atoms with Crippen molar-refractivity contribution in [1.29, 1.82) is 0 Å². The van der Waals surface area contributed by atoms with Crippen LogP contribution in [0.15, 0.2) is 63.9 Å². The van der Waals surface area contributed by atoms with E-state index in [0.717, 1.165) is 16.3 Å². The highest BCUT2D eigenvalue weighted by molar-refractivity contribution is 7.98. The Hall–Kier alpha value is -1.85. The van der Waals surface area contributed by atoms with Gasteiger partial charge in [-0.05, 0) is 36.6 Å². The minimum absolute atomic E-state index is 0.0315. The molecule has 0 amide bonds. The van der Waals surface area contributed by atoms with Crippen molar-refractivity contribution < 1.29 is 0 Å². The van der Waals surface area contributed by atoms with Gasteiger partial charge in [-0.15, -0.1) is 23.1 Å².